The monoisotopic (exact) mass is 250 g/mol. The van der Waals surface area contributed by atoms with Crippen molar-refractivity contribution in [2.75, 3.05) is 13.7 Å². The Bertz CT molecular complexity index is 642. The third-order valence-corrected chi connectivity index (χ3v) is 2.87. The van der Waals surface area contributed by atoms with E-state index in [-0.39, 0.29) is 23.5 Å². The second-order valence-electron chi connectivity index (χ2n) is 3.97. The molecule has 0 radical (unpaired) electrons. The van der Waals surface area contributed by atoms with E-state index in [0.717, 1.165) is 0 Å². The van der Waals surface area contributed by atoms with Crippen LogP contribution in [0.1, 0.15) is 11.3 Å². The van der Waals surface area contributed by atoms with Gasteiger partial charge in [-0.3, -0.25) is 0 Å². The van der Waals surface area contributed by atoms with Crippen molar-refractivity contribution in [2.24, 2.45) is 0 Å². The van der Waals surface area contributed by atoms with Crippen LogP contribution >= 0.6 is 0 Å². The highest BCUT2D eigenvalue weighted by molar-refractivity contribution is 5.91. The molecule has 1 aromatic heterocycles. The van der Waals surface area contributed by atoms with Crippen molar-refractivity contribution < 1.29 is 19.4 Å². The van der Waals surface area contributed by atoms with E-state index >= 15 is 0 Å². The molecule has 0 saturated heterocycles. The SMILES string of the molecule is COc1cc(O)cc2c(CCO)c(C)oc(=O)c12. The van der Waals surface area contributed by atoms with Gasteiger partial charge in [-0.1, -0.05) is 0 Å². The van der Waals surface area contributed by atoms with Gasteiger partial charge >= 0.3 is 5.63 Å². The average molecular weight is 250 g/mol. The molecule has 0 aliphatic carbocycles. The fourth-order valence-corrected chi connectivity index (χ4v) is 2.07. The summed E-state index contributed by atoms with van der Waals surface area (Å²) in [4.78, 5) is 11.9. The van der Waals surface area contributed by atoms with Crippen molar-refractivity contribution in [3.63, 3.8) is 0 Å². The van der Waals surface area contributed by atoms with Gasteiger partial charge < -0.3 is 19.4 Å². The smallest absolute Gasteiger partial charge is 0.347 e. The third kappa shape index (κ3) is 1.93. The molecule has 5 heteroatoms. The van der Waals surface area contributed by atoms with Crippen LogP contribution in [-0.2, 0) is 6.42 Å². The fourth-order valence-electron chi connectivity index (χ4n) is 2.07. The first kappa shape index (κ1) is 12.4. The summed E-state index contributed by atoms with van der Waals surface area (Å²) in [7, 11) is 1.42. The highest BCUT2D eigenvalue weighted by atomic mass is 16.5. The lowest BCUT2D eigenvalue weighted by Crippen LogP contribution is -2.07. The molecule has 0 saturated carbocycles. The molecule has 0 spiro atoms. The number of methoxy groups -OCH3 is 1. The number of fused-ring (bicyclic) bond motifs is 1. The van der Waals surface area contributed by atoms with E-state index in [9.17, 15) is 9.90 Å². The molecule has 2 N–H and O–H groups in total. The van der Waals surface area contributed by atoms with Crippen LogP contribution in [0.5, 0.6) is 11.5 Å². The first-order valence-corrected chi connectivity index (χ1v) is 5.52. The van der Waals surface area contributed by atoms with E-state index in [1.807, 2.05) is 0 Å². The Balaban J connectivity index is 2.93. The van der Waals surface area contributed by atoms with Crippen LogP contribution in [0.15, 0.2) is 21.3 Å². The molecule has 2 aromatic rings. The summed E-state index contributed by atoms with van der Waals surface area (Å²) in [5, 5.41) is 19.5. The van der Waals surface area contributed by atoms with Gasteiger partial charge in [-0.25, -0.2) is 4.79 Å². The Morgan fingerprint density at radius 3 is 2.72 bits per heavy atom. The summed E-state index contributed by atoms with van der Waals surface area (Å²) in [6, 6.07) is 2.84. The largest absolute Gasteiger partial charge is 0.508 e. The topological polar surface area (TPSA) is 79.9 Å². The summed E-state index contributed by atoms with van der Waals surface area (Å²) < 4.78 is 10.2. The number of ether oxygens (including phenoxy) is 1. The number of aliphatic hydroxyl groups excluding tert-OH is 1. The number of hydrogen-bond acceptors (Lipinski definition) is 5. The van der Waals surface area contributed by atoms with Gasteiger partial charge in [0.15, 0.2) is 0 Å². The number of phenols is 1. The fraction of sp³-hybridized carbons (Fsp3) is 0.308. The molecule has 2 rings (SSSR count). The summed E-state index contributed by atoms with van der Waals surface area (Å²) in [5.41, 5.74) is 0.183. The summed E-state index contributed by atoms with van der Waals surface area (Å²) in [6.07, 6.45) is 0.346. The van der Waals surface area contributed by atoms with Crippen LogP contribution in [0.4, 0.5) is 0 Å². The molecule has 0 bridgehead atoms. The Kier molecular flexibility index (Phi) is 3.25. The van der Waals surface area contributed by atoms with Gasteiger partial charge in [-0.15, -0.1) is 0 Å². The zero-order chi connectivity index (χ0) is 13.3. The van der Waals surface area contributed by atoms with E-state index in [2.05, 4.69) is 0 Å². The van der Waals surface area contributed by atoms with Crippen LogP contribution in [0.2, 0.25) is 0 Å². The third-order valence-electron chi connectivity index (χ3n) is 2.87. The van der Waals surface area contributed by atoms with Gasteiger partial charge in [0.1, 0.15) is 22.6 Å². The molecule has 5 nitrogen and oxygen atoms in total. The second kappa shape index (κ2) is 4.70. The van der Waals surface area contributed by atoms with Crippen LogP contribution < -0.4 is 10.4 Å². The van der Waals surface area contributed by atoms with Crippen molar-refractivity contribution in [3.8, 4) is 11.5 Å². The van der Waals surface area contributed by atoms with E-state index in [0.29, 0.717) is 23.1 Å². The van der Waals surface area contributed by atoms with Gasteiger partial charge in [0.25, 0.3) is 0 Å². The number of rotatable bonds is 3. The lowest BCUT2D eigenvalue weighted by Gasteiger charge is -2.10. The highest BCUT2D eigenvalue weighted by Gasteiger charge is 2.15. The van der Waals surface area contributed by atoms with Crippen molar-refractivity contribution in [1.29, 1.82) is 0 Å². The van der Waals surface area contributed by atoms with Crippen LogP contribution in [0.3, 0.4) is 0 Å². The van der Waals surface area contributed by atoms with E-state index < -0.39 is 5.63 Å². The molecule has 96 valence electrons. The van der Waals surface area contributed by atoms with E-state index in [1.54, 1.807) is 6.92 Å². The van der Waals surface area contributed by atoms with Crippen molar-refractivity contribution in [3.05, 3.63) is 33.9 Å². The Labute approximate surface area is 103 Å². The number of hydrogen-bond donors (Lipinski definition) is 2. The zero-order valence-corrected chi connectivity index (χ0v) is 10.2. The van der Waals surface area contributed by atoms with Gasteiger partial charge in [0, 0.05) is 23.6 Å². The predicted octanol–water partition coefficient (Wildman–Crippen LogP) is 1.35. The van der Waals surface area contributed by atoms with Gasteiger partial charge in [-0.05, 0) is 19.4 Å². The number of benzene rings is 1. The molecular weight excluding hydrogens is 236 g/mol. The summed E-state index contributed by atoms with van der Waals surface area (Å²) >= 11 is 0. The van der Waals surface area contributed by atoms with Crippen molar-refractivity contribution in [1.82, 2.24) is 0 Å². The Hall–Kier alpha value is -2.01. The molecule has 18 heavy (non-hydrogen) atoms. The molecule has 0 aliphatic rings. The minimum atomic E-state index is -0.513. The number of aliphatic hydroxyl groups is 1. The van der Waals surface area contributed by atoms with Gasteiger partial charge in [-0.2, -0.15) is 0 Å². The summed E-state index contributed by atoms with van der Waals surface area (Å²) in [5.74, 6) is 0.704. The highest BCUT2D eigenvalue weighted by Crippen LogP contribution is 2.31. The number of phenolic OH excluding ortho intramolecular Hbond substituents is 1. The second-order valence-corrected chi connectivity index (χ2v) is 3.97. The van der Waals surface area contributed by atoms with E-state index in [4.69, 9.17) is 14.3 Å². The minimum Gasteiger partial charge on any atom is -0.508 e. The van der Waals surface area contributed by atoms with Crippen molar-refractivity contribution >= 4 is 10.8 Å². The average Bonchev–Trinajstić information content (AvgIpc) is 2.32. The maximum Gasteiger partial charge on any atom is 0.347 e. The van der Waals surface area contributed by atoms with Gasteiger partial charge in [0.05, 0.1) is 7.11 Å². The molecule has 0 atom stereocenters. The summed E-state index contributed by atoms with van der Waals surface area (Å²) in [6.45, 7) is 1.59. The molecule has 1 aromatic carbocycles. The lowest BCUT2D eigenvalue weighted by molar-refractivity contribution is 0.298. The van der Waals surface area contributed by atoms with Crippen LogP contribution in [0, 0.1) is 6.92 Å². The molecule has 0 fully saturated rings. The van der Waals surface area contributed by atoms with Crippen LogP contribution in [0.25, 0.3) is 10.8 Å². The predicted molar refractivity (Wildman–Crippen MR) is 66.2 cm³/mol. The molecule has 0 amide bonds. The molecule has 0 unspecified atom stereocenters. The maximum absolute atomic E-state index is 11.9. The molecular formula is C13H14O5. The lowest BCUT2D eigenvalue weighted by atomic mass is 10.0. The van der Waals surface area contributed by atoms with Crippen molar-refractivity contribution in [2.45, 2.75) is 13.3 Å². The minimum absolute atomic E-state index is 0.00328. The maximum atomic E-state index is 11.9. The quantitative estimate of drug-likeness (QED) is 0.859. The van der Waals surface area contributed by atoms with Crippen LogP contribution in [-0.4, -0.2) is 23.9 Å². The molecule has 1 heterocycles. The van der Waals surface area contributed by atoms with Gasteiger partial charge in [0.2, 0.25) is 0 Å². The first-order valence-electron chi connectivity index (χ1n) is 5.52. The standard InChI is InChI=1S/C13H14O5/c1-7-9(3-4-14)10-5-8(15)6-11(17-2)12(10)13(16)18-7/h5-6,14-15H,3-4H2,1-2H3. The molecule has 0 aliphatic heterocycles. The number of aryl methyl sites for hydroxylation is 1. The Morgan fingerprint density at radius 2 is 2.11 bits per heavy atom. The number of aromatic hydroxyl groups is 1. The Morgan fingerprint density at radius 1 is 1.39 bits per heavy atom. The first-order chi connectivity index (χ1) is 8.58. The zero-order valence-electron chi connectivity index (χ0n) is 10.2. The normalized spacial score (nSPS) is 10.8. The van der Waals surface area contributed by atoms with E-state index in [1.165, 1.54) is 19.2 Å².